The van der Waals surface area contributed by atoms with Gasteiger partial charge in [-0.25, -0.2) is 4.39 Å². The summed E-state index contributed by atoms with van der Waals surface area (Å²) in [6, 6.07) is 4.16. The van der Waals surface area contributed by atoms with Crippen LogP contribution in [0.5, 0.6) is 0 Å². The highest BCUT2D eigenvalue weighted by Crippen LogP contribution is 2.24. The number of nitro benzene ring substituents is 1. The van der Waals surface area contributed by atoms with Gasteiger partial charge in [0.25, 0.3) is 5.69 Å². The van der Waals surface area contributed by atoms with Crippen LogP contribution in [0, 0.1) is 27.3 Å². The quantitative estimate of drug-likeness (QED) is 0.603. The summed E-state index contributed by atoms with van der Waals surface area (Å²) in [6.45, 7) is 0. The number of benzene rings is 1. The summed E-state index contributed by atoms with van der Waals surface area (Å²) >= 11 is 0. The second-order valence-electron chi connectivity index (χ2n) is 3.37. The predicted octanol–water partition coefficient (Wildman–Crippen LogP) is 1.04. The molecule has 2 N–H and O–H groups in total. The van der Waals surface area contributed by atoms with Gasteiger partial charge >= 0.3 is 0 Å². The van der Waals surface area contributed by atoms with Crippen molar-refractivity contribution in [3.05, 3.63) is 39.7 Å². The Hall–Kier alpha value is -2.04. The highest BCUT2D eigenvalue weighted by Gasteiger charge is 2.21. The van der Waals surface area contributed by atoms with E-state index >= 15 is 0 Å². The highest BCUT2D eigenvalue weighted by molar-refractivity contribution is 5.36. The van der Waals surface area contributed by atoms with Crippen LogP contribution in [0.4, 0.5) is 10.1 Å². The first kappa shape index (κ1) is 13.0. The van der Waals surface area contributed by atoms with Crippen LogP contribution in [0.15, 0.2) is 18.2 Å². The zero-order valence-electron chi connectivity index (χ0n) is 8.58. The van der Waals surface area contributed by atoms with Crippen molar-refractivity contribution < 1.29 is 19.5 Å². The Bertz CT molecular complexity index is 472. The van der Waals surface area contributed by atoms with E-state index in [2.05, 4.69) is 0 Å². The van der Waals surface area contributed by atoms with Gasteiger partial charge in [-0.1, -0.05) is 0 Å². The van der Waals surface area contributed by atoms with Crippen molar-refractivity contribution in [1.82, 2.24) is 0 Å². The molecule has 0 saturated carbocycles. The molecule has 0 aromatic heterocycles. The third-order valence-corrected chi connectivity index (χ3v) is 2.12. The number of hydrogen-bond acceptors (Lipinski definition) is 5. The van der Waals surface area contributed by atoms with Crippen molar-refractivity contribution in [2.24, 2.45) is 0 Å². The fourth-order valence-electron chi connectivity index (χ4n) is 1.30. The Morgan fingerprint density at radius 2 is 2.12 bits per heavy atom. The lowest BCUT2D eigenvalue weighted by Gasteiger charge is -2.15. The van der Waals surface area contributed by atoms with Gasteiger partial charge in [0.2, 0.25) is 0 Å². The molecule has 1 aromatic carbocycles. The molecule has 6 nitrogen and oxygen atoms in total. The molecule has 0 aliphatic heterocycles. The number of nitriles is 1. The monoisotopic (exact) mass is 240 g/mol. The maximum absolute atomic E-state index is 13.0. The summed E-state index contributed by atoms with van der Waals surface area (Å²) in [5, 5.41) is 37.7. The predicted molar refractivity (Wildman–Crippen MR) is 54.3 cm³/mol. The fourth-order valence-corrected chi connectivity index (χ4v) is 1.30. The second kappa shape index (κ2) is 5.34. The lowest BCUT2D eigenvalue weighted by molar-refractivity contribution is -0.385. The maximum Gasteiger partial charge on any atom is 0.272 e. The van der Waals surface area contributed by atoms with E-state index in [0.29, 0.717) is 6.07 Å². The number of aliphatic hydroxyl groups excluding tert-OH is 2. The molecule has 0 aliphatic carbocycles. The highest BCUT2D eigenvalue weighted by atomic mass is 19.1. The van der Waals surface area contributed by atoms with Crippen molar-refractivity contribution >= 4 is 5.69 Å². The maximum atomic E-state index is 13.0. The van der Waals surface area contributed by atoms with Crippen molar-refractivity contribution in [2.75, 3.05) is 0 Å². The van der Waals surface area contributed by atoms with Gasteiger partial charge in [-0.2, -0.15) is 5.26 Å². The number of hydrogen-bond donors (Lipinski definition) is 2. The Balaban J connectivity index is 3.06. The largest absolute Gasteiger partial charge is 0.389 e. The van der Waals surface area contributed by atoms with E-state index in [1.54, 1.807) is 6.07 Å². The minimum atomic E-state index is -1.54. The van der Waals surface area contributed by atoms with Crippen LogP contribution in [0.1, 0.15) is 18.1 Å². The summed E-state index contributed by atoms with van der Waals surface area (Å²) in [5.74, 6) is -0.891. The SMILES string of the molecule is N#CCC(O)C(O)c1cc(F)cc([N+](=O)[O-])c1. The van der Waals surface area contributed by atoms with E-state index in [9.17, 15) is 24.7 Å². The van der Waals surface area contributed by atoms with Crippen LogP contribution in [-0.4, -0.2) is 21.2 Å². The van der Waals surface area contributed by atoms with Crippen molar-refractivity contribution in [1.29, 1.82) is 5.26 Å². The standard InChI is InChI=1S/C10H9FN2O4/c11-7-3-6(4-8(5-7)13(16)17)10(15)9(14)1-2-12/h3-5,9-10,14-15H,1H2. The Kier molecular flexibility index (Phi) is 4.09. The van der Waals surface area contributed by atoms with Crippen molar-refractivity contribution in [2.45, 2.75) is 18.6 Å². The molecule has 0 radical (unpaired) electrons. The van der Waals surface area contributed by atoms with Crippen LogP contribution < -0.4 is 0 Å². The van der Waals surface area contributed by atoms with Gasteiger partial charge in [-0.3, -0.25) is 10.1 Å². The summed E-state index contributed by atoms with van der Waals surface area (Å²) in [7, 11) is 0. The lowest BCUT2D eigenvalue weighted by Crippen LogP contribution is -2.17. The van der Waals surface area contributed by atoms with Crippen LogP contribution >= 0.6 is 0 Å². The van der Waals surface area contributed by atoms with Gasteiger partial charge in [-0.15, -0.1) is 0 Å². The lowest BCUT2D eigenvalue weighted by atomic mass is 10.0. The average molecular weight is 240 g/mol. The molecule has 0 fully saturated rings. The summed E-state index contributed by atoms with van der Waals surface area (Å²) < 4.78 is 13.0. The zero-order chi connectivity index (χ0) is 13.0. The van der Waals surface area contributed by atoms with E-state index in [4.69, 9.17) is 5.26 Å². The van der Waals surface area contributed by atoms with Gasteiger partial charge in [0.15, 0.2) is 0 Å². The second-order valence-corrected chi connectivity index (χ2v) is 3.37. The molecular formula is C10H9FN2O4. The van der Waals surface area contributed by atoms with E-state index < -0.39 is 28.6 Å². The molecular weight excluding hydrogens is 231 g/mol. The summed E-state index contributed by atoms with van der Waals surface area (Å²) in [5.41, 5.74) is -0.664. The van der Waals surface area contributed by atoms with Crippen molar-refractivity contribution in [3.63, 3.8) is 0 Å². The van der Waals surface area contributed by atoms with E-state index in [0.717, 1.165) is 12.1 Å². The minimum Gasteiger partial charge on any atom is -0.389 e. The normalized spacial score (nSPS) is 13.8. The van der Waals surface area contributed by atoms with Crippen LogP contribution in [0.3, 0.4) is 0 Å². The van der Waals surface area contributed by atoms with Crippen LogP contribution in [-0.2, 0) is 0 Å². The number of nitro groups is 1. The molecule has 0 amide bonds. The molecule has 1 rings (SSSR count). The summed E-state index contributed by atoms with van der Waals surface area (Å²) in [6.07, 6.45) is -3.31. The van der Waals surface area contributed by atoms with Gasteiger partial charge < -0.3 is 10.2 Å². The van der Waals surface area contributed by atoms with Crippen LogP contribution in [0.2, 0.25) is 0 Å². The number of halogens is 1. The first-order valence-corrected chi connectivity index (χ1v) is 4.63. The Labute approximate surface area is 95.7 Å². The third kappa shape index (κ3) is 3.21. The number of non-ortho nitro benzene ring substituents is 1. The van der Waals surface area contributed by atoms with E-state index in [-0.39, 0.29) is 12.0 Å². The topological polar surface area (TPSA) is 107 Å². The summed E-state index contributed by atoms with van der Waals surface area (Å²) in [4.78, 5) is 9.66. The van der Waals surface area contributed by atoms with Gasteiger partial charge in [0.1, 0.15) is 11.9 Å². The molecule has 0 saturated heterocycles. The molecule has 7 heteroatoms. The third-order valence-electron chi connectivity index (χ3n) is 2.12. The molecule has 1 aromatic rings. The zero-order valence-corrected chi connectivity index (χ0v) is 8.58. The minimum absolute atomic E-state index is 0.139. The molecule has 2 unspecified atom stereocenters. The van der Waals surface area contributed by atoms with Gasteiger partial charge in [0.05, 0.1) is 29.6 Å². The average Bonchev–Trinajstić information content (AvgIpc) is 2.27. The molecule has 0 aliphatic rings. The molecule has 0 spiro atoms. The first-order chi connectivity index (χ1) is 7.95. The van der Waals surface area contributed by atoms with E-state index in [1.165, 1.54) is 0 Å². The van der Waals surface area contributed by atoms with Gasteiger partial charge in [-0.05, 0) is 11.6 Å². The molecule has 90 valence electrons. The Morgan fingerprint density at radius 3 is 2.65 bits per heavy atom. The first-order valence-electron chi connectivity index (χ1n) is 4.63. The Morgan fingerprint density at radius 1 is 1.47 bits per heavy atom. The molecule has 2 atom stereocenters. The number of nitrogens with zero attached hydrogens (tertiary/aromatic N) is 2. The number of aliphatic hydroxyl groups is 2. The van der Waals surface area contributed by atoms with Crippen LogP contribution in [0.25, 0.3) is 0 Å². The smallest absolute Gasteiger partial charge is 0.272 e. The number of rotatable bonds is 4. The fraction of sp³-hybridized carbons (Fsp3) is 0.300. The van der Waals surface area contributed by atoms with Crippen molar-refractivity contribution in [3.8, 4) is 6.07 Å². The van der Waals surface area contributed by atoms with E-state index in [1.807, 2.05) is 0 Å². The molecule has 0 heterocycles. The van der Waals surface area contributed by atoms with Gasteiger partial charge in [0, 0.05) is 6.07 Å². The molecule has 17 heavy (non-hydrogen) atoms. The molecule has 0 bridgehead atoms.